The molecule has 0 aliphatic rings. The van der Waals surface area contributed by atoms with Crippen molar-refractivity contribution in [2.75, 3.05) is 34.4 Å². The molecule has 2 aromatic carbocycles. The van der Waals surface area contributed by atoms with Gasteiger partial charge in [-0.25, -0.2) is 0 Å². The second kappa shape index (κ2) is 12.2. The molecule has 0 unspecified atom stereocenters. The molecule has 0 aliphatic carbocycles. The Bertz CT molecular complexity index is 860. The first-order valence-electron chi connectivity index (χ1n) is 11.0. The molecule has 1 N–H and O–H groups in total. The lowest BCUT2D eigenvalue weighted by Crippen LogP contribution is -2.32. The summed E-state index contributed by atoms with van der Waals surface area (Å²) in [5.41, 5.74) is 1.72. The molecule has 0 fully saturated rings. The molecular formula is C26H36N2O3. The summed E-state index contributed by atoms with van der Waals surface area (Å²) >= 11 is 0. The normalized spacial score (nSPS) is 12.8. The topological polar surface area (TPSA) is 63.5 Å². The minimum atomic E-state index is -0.554. The van der Waals surface area contributed by atoms with Crippen LogP contribution in [0.5, 0.6) is 17.2 Å². The van der Waals surface area contributed by atoms with Gasteiger partial charge in [0.05, 0.1) is 32.8 Å². The maximum absolute atomic E-state index is 10.1. The average Bonchev–Trinajstić information content (AvgIpc) is 2.80. The van der Waals surface area contributed by atoms with E-state index in [-0.39, 0.29) is 5.92 Å². The summed E-state index contributed by atoms with van der Waals surface area (Å²) in [5.74, 6) is 2.43. The lowest BCUT2D eigenvalue weighted by molar-refractivity contribution is 0.341. The largest absolute Gasteiger partial charge is 0.497 e. The van der Waals surface area contributed by atoms with Gasteiger partial charge in [0.2, 0.25) is 0 Å². The van der Waals surface area contributed by atoms with Gasteiger partial charge >= 0.3 is 0 Å². The number of methoxy groups -OCH3 is 3. The molecule has 0 aliphatic heterocycles. The van der Waals surface area contributed by atoms with Crippen molar-refractivity contribution in [3.05, 3.63) is 53.6 Å². The first-order chi connectivity index (χ1) is 15.0. The summed E-state index contributed by atoms with van der Waals surface area (Å²) in [6.45, 7) is 6.07. The molecule has 2 aromatic rings. The van der Waals surface area contributed by atoms with E-state index in [0.717, 1.165) is 50.1 Å². The number of nitriles is 1. The van der Waals surface area contributed by atoms with Crippen molar-refractivity contribution in [2.24, 2.45) is 5.92 Å². The monoisotopic (exact) mass is 424 g/mol. The summed E-state index contributed by atoms with van der Waals surface area (Å²) in [4.78, 5) is 0. The van der Waals surface area contributed by atoms with Crippen LogP contribution in [0.4, 0.5) is 0 Å². The summed E-state index contributed by atoms with van der Waals surface area (Å²) in [6.07, 6.45) is 3.80. The molecule has 0 aromatic heterocycles. The predicted octanol–water partition coefficient (Wildman–Crippen LogP) is 5.13. The van der Waals surface area contributed by atoms with Gasteiger partial charge in [0.15, 0.2) is 11.5 Å². The Morgan fingerprint density at radius 3 is 2.32 bits per heavy atom. The van der Waals surface area contributed by atoms with Gasteiger partial charge in [-0.3, -0.25) is 0 Å². The summed E-state index contributed by atoms with van der Waals surface area (Å²) in [7, 11) is 4.94. The molecule has 0 radical (unpaired) electrons. The third-order valence-corrected chi connectivity index (χ3v) is 5.96. The number of aryl methyl sites for hydroxylation is 1. The summed E-state index contributed by atoms with van der Waals surface area (Å²) in [6, 6.07) is 16.7. The smallest absolute Gasteiger partial charge is 0.161 e. The van der Waals surface area contributed by atoms with E-state index in [1.165, 1.54) is 5.56 Å². The first kappa shape index (κ1) is 24.6. The van der Waals surface area contributed by atoms with Crippen LogP contribution in [0.25, 0.3) is 0 Å². The van der Waals surface area contributed by atoms with Crippen molar-refractivity contribution in [1.29, 1.82) is 5.26 Å². The van der Waals surface area contributed by atoms with Gasteiger partial charge < -0.3 is 19.5 Å². The molecule has 5 heteroatoms. The van der Waals surface area contributed by atoms with Crippen LogP contribution >= 0.6 is 0 Å². The first-order valence-corrected chi connectivity index (χ1v) is 11.0. The Balaban J connectivity index is 1.89. The van der Waals surface area contributed by atoms with E-state index < -0.39 is 5.41 Å². The third-order valence-electron chi connectivity index (χ3n) is 5.96. The molecule has 0 saturated carbocycles. The zero-order chi connectivity index (χ0) is 22.7. The van der Waals surface area contributed by atoms with E-state index in [9.17, 15) is 5.26 Å². The lowest BCUT2D eigenvalue weighted by Gasteiger charge is -2.32. The van der Waals surface area contributed by atoms with E-state index in [4.69, 9.17) is 14.2 Å². The molecule has 168 valence electrons. The number of nitrogens with zero attached hydrogens (tertiary/aromatic N) is 1. The Labute approximate surface area is 187 Å². The van der Waals surface area contributed by atoms with E-state index in [2.05, 4.69) is 37.4 Å². The molecule has 0 heterocycles. The predicted molar refractivity (Wildman–Crippen MR) is 125 cm³/mol. The summed E-state index contributed by atoms with van der Waals surface area (Å²) < 4.78 is 16.1. The highest BCUT2D eigenvalue weighted by molar-refractivity contribution is 5.47. The van der Waals surface area contributed by atoms with Crippen LogP contribution in [-0.4, -0.2) is 34.4 Å². The van der Waals surface area contributed by atoms with Crippen LogP contribution in [0, 0.1) is 17.2 Å². The molecule has 0 bridgehead atoms. The van der Waals surface area contributed by atoms with E-state index in [0.29, 0.717) is 11.5 Å². The van der Waals surface area contributed by atoms with Crippen LogP contribution in [0.15, 0.2) is 42.5 Å². The second-order valence-corrected chi connectivity index (χ2v) is 8.12. The van der Waals surface area contributed by atoms with Gasteiger partial charge in [0, 0.05) is 0 Å². The van der Waals surface area contributed by atoms with E-state index in [1.807, 2.05) is 30.3 Å². The molecule has 0 amide bonds. The fourth-order valence-corrected chi connectivity index (χ4v) is 3.99. The molecule has 31 heavy (non-hydrogen) atoms. The Morgan fingerprint density at radius 2 is 1.68 bits per heavy atom. The zero-order valence-electron chi connectivity index (χ0n) is 19.5. The maximum Gasteiger partial charge on any atom is 0.161 e. The number of benzene rings is 2. The molecule has 0 spiro atoms. The van der Waals surface area contributed by atoms with Crippen LogP contribution in [0.1, 0.15) is 44.2 Å². The minimum Gasteiger partial charge on any atom is -0.497 e. The van der Waals surface area contributed by atoms with Crippen molar-refractivity contribution in [3.8, 4) is 23.3 Å². The quantitative estimate of drug-likeness (QED) is 0.452. The fraction of sp³-hybridized carbons (Fsp3) is 0.500. The number of hydrogen-bond donors (Lipinski definition) is 1. The minimum absolute atomic E-state index is 0.184. The molecule has 2 rings (SSSR count). The molecule has 0 saturated heterocycles. The van der Waals surface area contributed by atoms with Crippen molar-refractivity contribution in [1.82, 2.24) is 5.32 Å². The fourth-order valence-electron chi connectivity index (χ4n) is 3.99. The van der Waals surface area contributed by atoms with Crippen molar-refractivity contribution in [2.45, 2.75) is 44.9 Å². The standard InChI is InChI=1S/C26H36N2O3/c1-20(2)26(19-27,22-12-13-24(30-4)25(18-22)31-5)14-8-16-28-15-7-10-21-9-6-11-23(17-21)29-3/h6,9,11-13,17-18,20,28H,7-8,10,14-16H2,1-5H3/t26-/m0/s1. The third kappa shape index (κ3) is 6.38. The van der Waals surface area contributed by atoms with Crippen molar-refractivity contribution < 1.29 is 14.2 Å². The Kier molecular flexibility index (Phi) is 9.68. The van der Waals surface area contributed by atoms with Gasteiger partial charge in [-0.1, -0.05) is 32.0 Å². The highest BCUT2D eigenvalue weighted by atomic mass is 16.5. The number of hydrogen-bond acceptors (Lipinski definition) is 5. The van der Waals surface area contributed by atoms with Gasteiger partial charge in [-0.2, -0.15) is 5.26 Å². The highest BCUT2D eigenvalue weighted by Crippen LogP contribution is 2.40. The molecule has 1 atom stereocenters. The molecule has 5 nitrogen and oxygen atoms in total. The van der Waals surface area contributed by atoms with Crippen molar-refractivity contribution >= 4 is 0 Å². The van der Waals surface area contributed by atoms with Gasteiger partial charge in [0.1, 0.15) is 5.75 Å². The van der Waals surface area contributed by atoms with Gasteiger partial charge in [-0.15, -0.1) is 0 Å². The Morgan fingerprint density at radius 1 is 0.935 bits per heavy atom. The van der Waals surface area contributed by atoms with Crippen LogP contribution in [-0.2, 0) is 11.8 Å². The zero-order valence-corrected chi connectivity index (χ0v) is 19.5. The molecular weight excluding hydrogens is 388 g/mol. The van der Waals surface area contributed by atoms with E-state index >= 15 is 0 Å². The summed E-state index contributed by atoms with van der Waals surface area (Å²) in [5, 5.41) is 13.7. The maximum atomic E-state index is 10.1. The Hall–Kier alpha value is -2.71. The SMILES string of the molecule is COc1cccc(CCCNCCC[C@@](C#N)(c2ccc(OC)c(OC)c2)C(C)C)c1. The lowest BCUT2D eigenvalue weighted by atomic mass is 9.70. The van der Waals surface area contributed by atoms with E-state index in [1.54, 1.807) is 21.3 Å². The van der Waals surface area contributed by atoms with Crippen LogP contribution in [0.3, 0.4) is 0 Å². The average molecular weight is 425 g/mol. The number of rotatable bonds is 13. The van der Waals surface area contributed by atoms with Crippen molar-refractivity contribution in [3.63, 3.8) is 0 Å². The van der Waals surface area contributed by atoms with Crippen LogP contribution < -0.4 is 19.5 Å². The van der Waals surface area contributed by atoms with Gasteiger partial charge in [-0.05, 0) is 80.1 Å². The van der Waals surface area contributed by atoms with Crippen LogP contribution in [0.2, 0.25) is 0 Å². The second-order valence-electron chi connectivity index (χ2n) is 8.12. The number of ether oxygens (including phenoxy) is 3. The highest BCUT2D eigenvalue weighted by Gasteiger charge is 2.36. The van der Waals surface area contributed by atoms with Gasteiger partial charge in [0.25, 0.3) is 0 Å². The number of nitrogens with one attached hydrogen (secondary N) is 1.